The molecule has 0 bridgehead atoms. The molecular formula is C25H20BrClO3S. The third kappa shape index (κ3) is 5.24. The Balaban J connectivity index is 2.24. The minimum atomic E-state index is -4.02. The zero-order chi connectivity index (χ0) is 22.4. The molecular weight excluding hydrogens is 496 g/mol. The lowest BCUT2D eigenvalue weighted by Crippen LogP contribution is -2.18. The van der Waals surface area contributed by atoms with Gasteiger partial charge in [-0.1, -0.05) is 94.3 Å². The van der Waals surface area contributed by atoms with Crippen molar-refractivity contribution in [3.63, 3.8) is 0 Å². The minimum Gasteiger partial charge on any atom is -0.298 e. The van der Waals surface area contributed by atoms with Gasteiger partial charge >= 0.3 is 0 Å². The number of carbonyl (C=O) groups is 1. The smallest absolute Gasteiger partial charge is 0.186 e. The average Bonchev–Trinajstić information content (AvgIpc) is 2.77. The lowest BCUT2D eigenvalue weighted by Gasteiger charge is -2.20. The second-order valence-corrected chi connectivity index (χ2v) is 10.3. The zero-order valence-electron chi connectivity index (χ0n) is 16.5. The summed E-state index contributed by atoms with van der Waals surface area (Å²) in [5, 5.41) is -0.767. The van der Waals surface area contributed by atoms with E-state index in [0.29, 0.717) is 22.4 Å². The first kappa shape index (κ1) is 23.2. The molecule has 3 nitrogen and oxygen atoms in total. The van der Waals surface area contributed by atoms with Gasteiger partial charge in [0, 0.05) is 21.5 Å². The van der Waals surface area contributed by atoms with Crippen LogP contribution in [0.25, 0.3) is 5.57 Å². The summed E-state index contributed by atoms with van der Waals surface area (Å²) in [5.41, 5.74) is 1.85. The highest BCUT2D eigenvalue weighted by atomic mass is 79.9. The number of allylic oxidation sites excluding steroid dienone is 2. The Kier molecular flexibility index (Phi) is 7.65. The Hall–Kier alpha value is -2.47. The second-order valence-electron chi connectivity index (χ2n) is 6.85. The molecule has 3 aromatic carbocycles. The summed E-state index contributed by atoms with van der Waals surface area (Å²) in [5.74, 6) is 0. The van der Waals surface area contributed by atoms with Crippen LogP contribution in [0.15, 0.2) is 101 Å². The molecule has 0 aliphatic heterocycles. The fourth-order valence-corrected chi connectivity index (χ4v) is 5.85. The Morgan fingerprint density at radius 3 is 2.16 bits per heavy atom. The van der Waals surface area contributed by atoms with E-state index >= 15 is 0 Å². The van der Waals surface area contributed by atoms with Gasteiger partial charge in [0.05, 0.1) is 4.91 Å². The van der Waals surface area contributed by atoms with Crippen molar-refractivity contribution in [2.24, 2.45) is 0 Å². The standard InChI is InChI=1S/C25H20BrClO3S/c1-2-24(21-10-6-7-11-23(21)27)31(29,30)25(16-18-12-14-20(26)15-13-18)22(17-28)19-8-4-3-5-9-19/h2-15,17,24H,1,16H2. The van der Waals surface area contributed by atoms with Crippen LogP contribution in [-0.4, -0.2) is 14.7 Å². The van der Waals surface area contributed by atoms with Gasteiger partial charge in [-0.2, -0.15) is 0 Å². The molecule has 158 valence electrons. The van der Waals surface area contributed by atoms with Gasteiger partial charge in [0.15, 0.2) is 16.1 Å². The van der Waals surface area contributed by atoms with Crippen molar-refractivity contribution in [3.8, 4) is 0 Å². The van der Waals surface area contributed by atoms with Crippen molar-refractivity contribution in [2.45, 2.75) is 11.7 Å². The van der Waals surface area contributed by atoms with Crippen molar-refractivity contribution in [1.29, 1.82) is 0 Å². The fourth-order valence-electron chi connectivity index (χ4n) is 3.33. The van der Waals surface area contributed by atoms with E-state index in [9.17, 15) is 13.2 Å². The monoisotopic (exact) mass is 514 g/mol. The predicted molar refractivity (Wildman–Crippen MR) is 131 cm³/mol. The van der Waals surface area contributed by atoms with Crippen LogP contribution >= 0.6 is 27.5 Å². The van der Waals surface area contributed by atoms with Gasteiger partial charge in [0.1, 0.15) is 5.25 Å². The van der Waals surface area contributed by atoms with E-state index in [-0.39, 0.29) is 16.9 Å². The molecule has 0 aliphatic rings. The number of rotatable bonds is 8. The maximum atomic E-state index is 13.9. The Labute approximate surface area is 196 Å². The van der Waals surface area contributed by atoms with Gasteiger partial charge in [-0.25, -0.2) is 8.42 Å². The summed E-state index contributed by atoms with van der Waals surface area (Å²) in [6.45, 7) is 3.75. The molecule has 1 atom stereocenters. The van der Waals surface area contributed by atoms with Gasteiger partial charge in [-0.15, -0.1) is 6.58 Å². The second kappa shape index (κ2) is 10.2. The van der Waals surface area contributed by atoms with Gasteiger partial charge in [0.25, 0.3) is 0 Å². The number of carbonyl (C=O) groups excluding carboxylic acids is 1. The van der Waals surface area contributed by atoms with Gasteiger partial charge in [-0.3, -0.25) is 4.79 Å². The molecule has 0 saturated heterocycles. The highest BCUT2D eigenvalue weighted by Crippen LogP contribution is 2.37. The summed E-state index contributed by atoms with van der Waals surface area (Å²) >= 11 is 9.70. The van der Waals surface area contributed by atoms with Crippen molar-refractivity contribution in [3.05, 3.63) is 123 Å². The molecule has 1 unspecified atom stereocenters. The van der Waals surface area contributed by atoms with Crippen LogP contribution in [0.3, 0.4) is 0 Å². The van der Waals surface area contributed by atoms with Crippen molar-refractivity contribution < 1.29 is 13.2 Å². The van der Waals surface area contributed by atoms with Crippen LogP contribution in [0.4, 0.5) is 0 Å². The van der Waals surface area contributed by atoms with Crippen LogP contribution in [0.5, 0.6) is 0 Å². The van der Waals surface area contributed by atoms with Crippen LogP contribution in [-0.2, 0) is 21.1 Å². The summed E-state index contributed by atoms with van der Waals surface area (Å²) in [6, 6.07) is 22.9. The number of sulfone groups is 1. The summed E-state index contributed by atoms with van der Waals surface area (Å²) < 4.78 is 28.7. The van der Waals surface area contributed by atoms with Gasteiger partial charge in [-0.05, 0) is 34.9 Å². The lowest BCUT2D eigenvalue weighted by molar-refractivity contribution is -0.103. The van der Waals surface area contributed by atoms with Crippen molar-refractivity contribution in [1.82, 2.24) is 0 Å². The predicted octanol–water partition coefficient (Wildman–Crippen LogP) is 6.60. The van der Waals surface area contributed by atoms with Crippen LogP contribution in [0.1, 0.15) is 21.9 Å². The molecule has 6 heteroatoms. The largest absolute Gasteiger partial charge is 0.298 e. The van der Waals surface area contributed by atoms with Crippen molar-refractivity contribution in [2.75, 3.05) is 0 Å². The molecule has 0 spiro atoms. The van der Waals surface area contributed by atoms with E-state index in [1.54, 1.807) is 48.5 Å². The molecule has 0 aromatic heterocycles. The Morgan fingerprint density at radius 2 is 1.58 bits per heavy atom. The zero-order valence-corrected chi connectivity index (χ0v) is 19.7. The number of benzene rings is 3. The molecule has 0 fully saturated rings. The average molecular weight is 516 g/mol. The SMILES string of the molecule is C=CC(c1ccccc1Cl)S(=O)(=O)C(Cc1ccc(Br)cc1)=C(C=O)c1ccccc1. The molecule has 3 rings (SSSR count). The van der Waals surface area contributed by atoms with Crippen LogP contribution < -0.4 is 0 Å². The summed E-state index contributed by atoms with van der Waals surface area (Å²) in [7, 11) is -4.02. The number of aldehydes is 1. The highest BCUT2D eigenvalue weighted by molar-refractivity contribution is 9.10. The van der Waals surface area contributed by atoms with Crippen molar-refractivity contribution >= 4 is 49.2 Å². The number of hydrogen-bond donors (Lipinski definition) is 0. The maximum Gasteiger partial charge on any atom is 0.186 e. The lowest BCUT2D eigenvalue weighted by atomic mass is 10.0. The Morgan fingerprint density at radius 1 is 0.968 bits per heavy atom. The Bertz CT molecular complexity index is 1220. The van der Waals surface area contributed by atoms with Gasteiger partial charge in [0.2, 0.25) is 0 Å². The van der Waals surface area contributed by atoms with Crippen LogP contribution in [0, 0.1) is 0 Å². The van der Waals surface area contributed by atoms with E-state index in [0.717, 1.165) is 10.0 Å². The van der Waals surface area contributed by atoms with E-state index < -0.39 is 15.1 Å². The van der Waals surface area contributed by atoms with E-state index in [4.69, 9.17) is 11.6 Å². The molecule has 0 saturated carbocycles. The molecule has 0 N–H and O–H groups in total. The van der Waals surface area contributed by atoms with E-state index in [1.165, 1.54) is 6.08 Å². The number of hydrogen-bond acceptors (Lipinski definition) is 3. The first-order chi connectivity index (χ1) is 14.9. The summed E-state index contributed by atoms with van der Waals surface area (Å²) in [6.07, 6.45) is 2.02. The quantitative estimate of drug-likeness (QED) is 0.193. The molecule has 0 radical (unpaired) electrons. The fraction of sp³-hybridized carbons (Fsp3) is 0.0800. The van der Waals surface area contributed by atoms with E-state index in [2.05, 4.69) is 22.5 Å². The molecule has 0 amide bonds. The minimum absolute atomic E-state index is 0.0286. The topological polar surface area (TPSA) is 51.2 Å². The first-order valence-electron chi connectivity index (χ1n) is 9.47. The molecule has 3 aromatic rings. The number of halogens is 2. The van der Waals surface area contributed by atoms with Gasteiger partial charge < -0.3 is 0 Å². The highest BCUT2D eigenvalue weighted by Gasteiger charge is 2.32. The third-order valence-corrected chi connectivity index (χ3v) is 7.92. The van der Waals surface area contributed by atoms with E-state index in [1.807, 2.05) is 30.3 Å². The summed E-state index contributed by atoms with van der Waals surface area (Å²) in [4.78, 5) is 12.2. The molecule has 0 aliphatic carbocycles. The molecule has 31 heavy (non-hydrogen) atoms. The normalized spacial score (nSPS) is 13.2. The molecule has 0 heterocycles. The first-order valence-corrected chi connectivity index (χ1v) is 12.2. The maximum absolute atomic E-state index is 13.9. The third-order valence-electron chi connectivity index (χ3n) is 4.88. The van der Waals surface area contributed by atoms with Crippen LogP contribution in [0.2, 0.25) is 5.02 Å².